The molecule has 0 aliphatic carbocycles. The van der Waals surface area contributed by atoms with Gasteiger partial charge in [-0.3, -0.25) is 9.36 Å². The monoisotopic (exact) mass is 316 g/mol. The second kappa shape index (κ2) is 7.26. The van der Waals surface area contributed by atoms with Gasteiger partial charge in [-0.1, -0.05) is 30.9 Å². The fourth-order valence-electron chi connectivity index (χ4n) is 2.27. The minimum Gasteiger partial charge on any atom is -0.480 e. The maximum atomic E-state index is 11.5. The second-order valence-corrected chi connectivity index (χ2v) is 4.81. The summed E-state index contributed by atoms with van der Waals surface area (Å²) in [6.07, 6.45) is 2.78. The van der Waals surface area contributed by atoms with Gasteiger partial charge in [-0.25, -0.2) is 9.59 Å². The molecule has 0 aliphatic rings. The van der Waals surface area contributed by atoms with Crippen LogP contribution in [-0.4, -0.2) is 40.8 Å². The number of aromatic nitrogens is 1. The number of aliphatic carboxylic acids is 1. The summed E-state index contributed by atoms with van der Waals surface area (Å²) < 4.78 is 6.11. The van der Waals surface area contributed by atoms with E-state index in [1.807, 2.05) is 0 Å². The number of alkyl carbamates (subject to hydrolysis) is 1. The van der Waals surface area contributed by atoms with Crippen LogP contribution in [0.3, 0.4) is 0 Å². The van der Waals surface area contributed by atoms with Gasteiger partial charge in [-0.05, 0) is 11.6 Å². The molecule has 1 aromatic carbocycles. The number of nitrogens with one attached hydrogen (secondary N) is 1. The zero-order chi connectivity index (χ0) is 16.8. The molecular weight excluding hydrogens is 300 g/mol. The maximum Gasteiger partial charge on any atom is 0.408 e. The van der Waals surface area contributed by atoms with Crippen LogP contribution >= 0.6 is 0 Å². The van der Waals surface area contributed by atoms with Crippen molar-refractivity contribution in [1.82, 2.24) is 9.88 Å². The summed E-state index contributed by atoms with van der Waals surface area (Å²) in [6.45, 7) is 3.39. The summed E-state index contributed by atoms with van der Waals surface area (Å²) in [7, 11) is 0. The van der Waals surface area contributed by atoms with Crippen LogP contribution in [0.2, 0.25) is 0 Å². The number of para-hydroxylation sites is 1. The number of rotatable bonds is 7. The molecule has 7 heteroatoms. The largest absolute Gasteiger partial charge is 0.480 e. The molecule has 0 spiro atoms. The Balaban J connectivity index is 2.23. The van der Waals surface area contributed by atoms with Crippen molar-refractivity contribution in [3.8, 4) is 0 Å². The second-order valence-electron chi connectivity index (χ2n) is 4.81. The van der Waals surface area contributed by atoms with Crippen molar-refractivity contribution < 1.29 is 24.2 Å². The molecule has 0 unspecified atom stereocenters. The smallest absolute Gasteiger partial charge is 0.408 e. The van der Waals surface area contributed by atoms with Crippen molar-refractivity contribution in [3.63, 3.8) is 0 Å². The Labute approximate surface area is 132 Å². The highest BCUT2D eigenvalue weighted by Gasteiger charge is 2.23. The van der Waals surface area contributed by atoms with E-state index in [4.69, 9.17) is 4.74 Å². The highest BCUT2D eigenvalue weighted by Crippen LogP contribution is 2.21. The first-order chi connectivity index (χ1) is 11.1. The van der Waals surface area contributed by atoms with Gasteiger partial charge in [0.25, 0.3) is 0 Å². The molecule has 120 valence electrons. The van der Waals surface area contributed by atoms with E-state index in [0.29, 0.717) is 17.5 Å². The minimum atomic E-state index is -1.19. The van der Waals surface area contributed by atoms with Crippen molar-refractivity contribution in [2.24, 2.45) is 0 Å². The van der Waals surface area contributed by atoms with E-state index < -0.39 is 18.1 Å². The first-order valence-corrected chi connectivity index (χ1v) is 6.87. The van der Waals surface area contributed by atoms with Gasteiger partial charge in [-0.2, -0.15) is 0 Å². The van der Waals surface area contributed by atoms with Crippen LogP contribution < -0.4 is 5.32 Å². The van der Waals surface area contributed by atoms with Gasteiger partial charge >= 0.3 is 12.1 Å². The molecule has 2 rings (SSSR count). The van der Waals surface area contributed by atoms with Crippen molar-refractivity contribution in [1.29, 1.82) is 0 Å². The number of benzene rings is 1. The van der Waals surface area contributed by atoms with Crippen LogP contribution in [0, 0.1) is 0 Å². The van der Waals surface area contributed by atoms with E-state index in [1.165, 1.54) is 10.6 Å². The highest BCUT2D eigenvalue weighted by molar-refractivity contribution is 5.89. The maximum absolute atomic E-state index is 11.5. The Morgan fingerprint density at radius 2 is 2.13 bits per heavy atom. The standard InChI is InChI=1S/C16H16N2O5/c1-2-7-23-16(22)17-13(15(20)21)8-11-9-18(10-19)14-6-4-3-5-12(11)14/h2-6,9-10,13H,1,7-8H2,(H,17,22)(H,20,21)/t13-/m0/s1. The van der Waals surface area contributed by atoms with E-state index in [9.17, 15) is 19.5 Å². The third-order valence-corrected chi connectivity index (χ3v) is 3.28. The molecule has 0 saturated carbocycles. The zero-order valence-corrected chi connectivity index (χ0v) is 12.3. The molecular formula is C16H16N2O5. The molecule has 0 radical (unpaired) electrons. The van der Waals surface area contributed by atoms with Crippen LogP contribution in [0.15, 0.2) is 43.1 Å². The number of hydrogen-bond donors (Lipinski definition) is 2. The molecule has 23 heavy (non-hydrogen) atoms. The van der Waals surface area contributed by atoms with Gasteiger partial charge < -0.3 is 15.2 Å². The summed E-state index contributed by atoms with van der Waals surface area (Å²) in [5, 5.41) is 12.3. The Morgan fingerprint density at radius 1 is 1.39 bits per heavy atom. The lowest BCUT2D eigenvalue weighted by Crippen LogP contribution is -2.42. The van der Waals surface area contributed by atoms with Gasteiger partial charge in [0.15, 0.2) is 0 Å². The Morgan fingerprint density at radius 3 is 2.78 bits per heavy atom. The average Bonchev–Trinajstić information content (AvgIpc) is 2.90. The van der Waals surface area contributed by atoms with E-state index >= 15 is 0 Å². The first kappa shape index (κ1) is 16.3. The lowest BCUT2D eigenvalue weighted by molar-refractivity contribution is -0.139. The number of fused-ring (bicyclic) bond motifs is 1. The highest BCUT2D eigenvalue weighted by atomic mass is 16.5. The van der Waals surface area contributed by atoms with Gasteiger partial charge in [0, 0.05) is 18.0 Å². The van der Waals surface area contributed by atoms with Crippen molar-refractivity contribution >= 4 is 29.4 Å². The summed E-state index contributed by atoms with van der Waals surface area (Å²) >= 11 is 0. The Bertz CT molecular complexity index is 750. The van der Waals surface area contributed by atoms with E-state index in [0.717, 1.165) is 5.39 Å². The number of carbonyl (C=O) groups excluding carboxylic acids is 2. The molecule has 1 aromatic heterocycles. The zero-order valence-electron chi connectivity index (χ0n) is 12.3. The molecule has 0 bridgehead atoms. The Kier molecular flexibility index (Phi) is 5.14. The number of carbonyl (C=O) groups is 3. The fraction of sp³-hybridized carbons (Fsp3) is 0.188. The fourth-order valence-corrected chi connectivity index (χ4v) is 2.27. The average molecular weight is 316 g/mol. The number of carboxylic acids is 1. The minimum absolute atomic E-state index is 0.0113. The lowest BCUT2D eigenvalue weighted by atomic mass is 10.1. The summed E-state index contributed by atoms with van der Waals surface area (Å²) in [5.41, 5.74) is 1.32. The van der Waals surface area contributed by atoms with Gasteiger partial charge in [0.1, 0.15) is 12.6 Å². The lowest BCUT2D eigenvalue weighted by Gasteiger charge is -2.13. The number of amides is 1. The molecule has 1 heterocycles. The molecule has 1 amide bonds. The van der Waals surface area contributed by atoms with Gasteiger partial charge in [0.05, 0.1) is 5.52 Å². The summed E-state index contributed by atoms with van der Waals surface area (Å²) in [4.78, 5) is 34.0. The normalized spacial score (nSPS) is 11.7. The van der Waals surface area contributed by atoms with E-state index in [2.05, 4.69) is 11.9 Å². The van der Waals surface area contributed by atoms with Gasteiger partial charge in [-0.15, -0.1) is 0 Å². The molecule has 0 aliphatic heterocycles. The predicted octanol–water partition coefficient (Wildman–Crippen LogP) is 1.59. The van der Waals surface area contributed by atoms with Crippen molar-refractivity contribution in [3.05, 3.63) is 48.7 Å². The van der Waals surface area contributed by atoms with Gasteiger partial charge in [0.2, 0.25) is 6.41 Å². The van der Waals surface area contributed by atoms with Crippen LogP contribution in [0.5, 0.6) is 0 Å². The SMILES string of the molecule is C=CCOC(=O)N[C@@H](Cc1cn(C=O)c2ccccc12)C(=O)O. The predicted molar refractivity (Wildman–Crippen MR) is 83.9 cm³/mol. The molecule has 2 aromatic rings. The number of carboxylic acid groups (broad SMARTS) is 1. The summed E-state index contributed by atoms with van der Waals surface area (Å²) in [6, 6.07) is 5.96. The van der Waals surface area contributed by atoms with E-state index in [-0.39, 0.29) is 13.0 Å². The molecule has 2 N–H and O–H groups in total. The Hall–Kier alpha value is -3.09. The van der Waals surface area contributed by atoms with Crippen LogP contribution in [0.25, 0.3) is 10.9 Å². The van der Waals surface area contributed by atoms with Crippen molar-refractivity contribution in [2.45, 2.75) is 12.5 Å². The topological polar surface area (TPSA) is 97.6 Å². The summed E-state index contributed by atoms with van der Waals surface area (Å²) in [5.74, 6) is -1.19. The van der Waals surface area contributed by atoms with Crippen LogP contribution in [0.1, 0.15) is 5.56 Å². The molecule has 7 nitrogen and oxygen atoms in total. The molecule has 0 saturated heterocycles. The number of nitrogens with zero attached hydrogens (tertiary/aromatic N) is 1. The van der Waals surface area contributed by atoms with Crippen LogP contribution in [0.4, 0.5) is 4.79 Å². The van der Waals surface area contributed by atoms with Crippen molar-refractivity contribution in [2.75, 3.05) is 6.61 Å². The van der Waals surface area contributed by atoms with Crippen LogP contribution in [-0.2, 0) is 20.7 Å². The molecule has 0 fully saturated rings. The number of hydrogen-bond acceptors (Lipinski definition) is 4. The third kappa shape index (κ3) is 3.76. The number of ether oxygens (including phenoxy) is 1. The third-order valence-electron chi connectivity index (χ3n) is 3.28. The molecule has 1 atom stereocenters. The van der Waals surface area contributed by atoms with E-state index in [1.54, 1.807) is 30.5 Å². The first-order valence-electron chi connectivity index (χ1n) is 6.87. The quantitative estimate of drug-likeness (QED) is 0.597.